The van der Waals surface area contributed by atoms with Gasteiger partial charge in [0, 0.05) is 6.20 Å². The quantitative estimate of drug-likeness (QED) is 0.911. The van der Waals surface area contributed by atoms with Crippen molar-refractivity contribution in [3.05, 3.63) is 47.1 Å². The number of rotatable bonds is 5. The zero-order chi connectivity index (χ0) is 14.5. The van der Waals surface area contributed by atoms with Crippen molar-refractivity contribution in [3.63, 3.8) is 0 Å². The average Bonchev–Trinajstić information content (AvgIpc) is 2.43. The number of carbonyl (C=O) groups is 1. The van der Waals surface area contributed by atoms with Gasteiger partial charge in [-0.2, -0.15) is 0 Å². The number of pyridine rings is 1. The molecule has 0 amide bonds. The Balaban J connectivity index is 2.28. The highest BCUT2D eigenvalue weighted by Crippen LogP contribution is 2.33. The lowest BCUT2D eigenvalue weighted by atomic mass is 10.2. The molecular weight excluding hydrogens is 282 g/mol. The van der Waals surface area contributed by atoms with E-state index in [1.165, 1.54) is 18.2 Å². The molecule has 0 saturated heterocycles. The molecule has 0 atom stereocenters. The fourth-order valence-corrected chi connectivity index (χ4v) is 1.76. The molecule has 0 spiro atoms. The summed E-state index contributed by atoms with van der Waals surface area (Å²) in [4.78, 5) is 14.9. The molecule has 0 fully saturated rings. The second-order valence-electron chi connectivity index (χ2n) is 3.79. The van der Waals surface area contributed by atoms with Crippen LogP contribution in [-0.2, 0) is 0 Å². The Morgan fingerprint density at radius 1 is 1.35 bits per heavy atom. The third-order valence-electron chi connectivity index (χ3n) is 2.42. The molecule has 1 aromatic carbocycles. The van der Waals surface area contributed by atoms with Gasteiger partial charge in [-0.15, -0.1) is 0 Å². The van der Waals surface area contributed by atoms with E-state index in [9.17, 15) is 4.79 Å². The van der Waals surface area contributed by atoms with E-state index in [1.807, 2.05) is 6.92 Å². The lowest BCUT2D eigenvalue weighted by molar-refractivity contribution is 0.0697. The Hall–Kier alpha value is -2.27. The van der Waals surface area contributed by atoms with Gasteiger partial charge in [-0.3, -0.25) is 0 Å². The predicted molar refractivity (Wildman–Crippen MR) is 73.9 cm³/mol. The standard InChI is InChI=1S/C14H12ClNO4/c1-2-19-12-4-3-7-16-13(12)20-11-6-5-9(14(17)18)8-10(11)15/h3-8H,2H2,1H3,(H,17,18). The van der Waals surface area contributed by atoms with E-state index in [2.05, 4.69) is 4.98 Å². The molecule has 0 aliphatic carbocycles. The number of carboxylic acid groups (broad SMARTS) is 1. The number of aromatic nitrogens is 1. The van der Waals surface area contributed by atoms with Crippen molar-refractivity contribution in [2.75, 3.05) is 6.61 Å². The van der Waals surface area contributed by atoms with Crippen LogP contribution in [0.15, 0.2) is 36.5 Å². The van der Waals surface area contributed by atoms with E-state index in [0.717, 1.165) is 0 Å². The van der Waals surface area contributed by atoms with Gasteiger partial charge in [-0.1, -0.05) is 11.6 Å². The maximum atomic E-state index is 10.8. The summed E-state index contributed by atoms with van der Waals surface area (Å²) in [6.07, 6.45) is 1.57. The highest BCUT2D eigenvalue weighted by Gasteiger charge is 2.12. The average molecular weight is 294 g/mol. The zero-order valence-corrected chi connectivity index (χ0v) is 11.4. The Bertz CT molecular complexity index is 630. The summed E-state index contributed by atoms with van der Waals surface area (Å²) in [5.41, 5.74) is 0.0911. The van der Waals surface area contributed by atoms with Gasteiger partial charge in [0.25, 0.3) is 5.88 Å². The van der Waals surface area contributed by atoms with Gasteiger partial charge < -0.3 is 14.6 Å². The lowest BCUT2D eigenvalue weighted by Crippen LogP contribution is -1.98. The SMILES string of the molecule is CCOc1cccnc1Oc1ccc(C(=O)O)cc1Cl. The first-order valence-electron chi connectivity index (χ1n) is 5.90. The first-order chi connectivity index (χ1) is 9.61. The number of aromatic carboxylic acids is 1. The molecule has 104 valence electrons. The topological polar surface area (TPSA) is 68.7 Å². The largest absolute Gasteiger partial charge is 0.488 e. The summed E-state index contributed by atoms with van der Waals surface area (Å²) in [6, 6.07) is 7.67. The number of ether oxygens (including phenoxy) is 2. The smallest absolute Gasteiger partial charge is 0.335 e. The van der Waals surface area contributed by atoms with Crippen LogP contribution >= 0.6 is 11.6 Å². The first-order valence-corrected chi connectivity index (χ1v) is 6.28. The fourth-order valence-electron chi connectivity index (χ4n) is 1.54. The molecular formula is C14H12ClNO4. The summed E-state index contributed by atoms with van der Waals surface area (Å²) >= 11 is 6.00. The normalized spacial score (nSPS) is 10.1. The fraction of sp³-hybridized carbons (Fsp3) is 0.143. The van der Waals surface area contributed by atoms with E-state index >= 15 is 0 Å². The van der Waals surface area contributed by atoms with Gasteiger partial charge in [-0.05, 0) is 37.3 Å². The third-order valence-corrected chi connectivity index (χ3v) is 2.72. The van der Waals surface area contributed by atoms with Gasteiger partial charge in [0.1, 0.15) is 5.75 Å². The molecule has 0 aliphatic rings. The van der Waals surface area contributed by atoms with E-state index in [-0.39, 0.29) is 16.5 Å². The van der Waals surface area contributed by atoms with Gasteiger partial charge in [0.2, 0.25) is 0 Å². The number of hydrogen-bond donors (Lipinski definition) is 1. The van der Waals surface area contributed by atoms with Crippen LogP contribution in [0.1, 0.15) is 17.3 Å². The van der Waals surface area contributed by atoms with Crippen molar-refractivity contribution in [2.45, 2.75) is 6.92 Å². The molecule has 6 heteroatoms. The second kappa shape index (κ2) is 6.25. The monoisotopic (exact) mass is 293 g/mol. The molecule has 0 unspecified atom stereocenters. The Kier molecular flexibility index (Phi) is 4.42. The minimum atomic E-state index is -1.05. The number of carboxylic acids is 1. The van der Waals surface area contributed by atoms with Gasteiger partial charge in [0.05, 0.1) is 17.2 Å². The van der Waals surface area contributed by atoms with Gasteiger partial charge >= 0.3 is 5.97 Å². The van der Waals surface area contributed by atoms with Crippen LogP contribution in [0, 0.1) is 0 Å². The van der Waals surface area contributed by atoms with Gasteiger partial charge in [-0.25, -0.2) is 9.78 Å². The summed E-state index contributed by atoms with van der Waals surface area (Å²) in [5.74, 6) is 0.0373. The molecule has 2 aromatic rings. The number of benzene rings is 1. The van der Waals surface area contributed by atoms with Crippen LogP contribution in [0.5, 0.6) is 17.4 Å². The number of halogens is 1. The summed E-state index contributed by atoms with van der Waals surface area (Å²) in [7, 11) is 0. The third kappa shape index (κ3) is 3.19. The molecule has 0 aliphatic heterocycles. The van der Waals surface area contributed by atoms with Crippen LogP contribution in [0.4, 0.5) is 0 Å². The Morgan fingerprint density at radius 3 is 2.80 bits per heavy atom. The van der Waals surface area contributed by atoms with Crippen LogP contribution in [0.3, 0.4) is 0 Å². The van der Waals surface area contributed by atoms with Crippen LogP contribution in [-0.4, -0.2) is 22.7 Å². The summed E-state index contributed by atoms with van der Waals surface area (Å²) in [6.45, 7) is 2.33. The Labute approximate surface area is 120 Å². The predicted octanol–water partition coefficient (Wildman–Crippen LogP) is 3.62. The molecule has 1 aromatic heterocycles. The van der Waals surface area contributed by atoms with Crippen LogP contribution < -0.4 is 9.47 Å². The number of nitrogens with zero attached hydrogens (tertiary/aromatic N) is 1. The van der Waals surface area contributed by atoms with Crippen molar-refractivity contribution in [1.29, 1.82) is 0 Å². The molecule has 0 bridgehead atoms. The summed E-state index contributed by atoms with van der Waals surface area (Å²) < 4.78 is 11.0. The highest BCUT2D eigenvalue weighted by molar-refractivity contribution is 6.32. The highest BCUT2D eigenvalue weighted by atomic mass is 35.5. The summed E-state index contributed by atoms with van der Waals surface area (Å²) in [5, 5.41) is 9.06. The van der Waals surface area contributed by atoms with Crippen molar-refractivity contribution in [1.82, 2.24) is 4.98 Å². The molecule has 0 radical (unpaired) electrons. The maximum Gasteiger partial charge on any atom is 0.335 e. The molecule has 2 rings (SSSR count). The molecule has 1 N–H and O–H groups in total. The first kappa shape index (κ1) is 14.1. The van der Waals surface area contributed by atoms with E-state index < -0.39 is 5.97 Å². The van der Waals surface area contributed by atoms with Crippen LogP contribution in [0.2, 0.25) is 5.02 Å². The molecule has 1 heterocycles. The molecule has 5 nitrogen and oxygen atoms in total. The maximum absolute atomic E-state index is 10.8. The minimum Gasteiger partial charge on any atom is -0.488 e. The van der Waals surface area contributed by atoms with Crippen molar-refractivity contribution < 1.29 is 19.4 Å². The molecule has 0 saturated carbocycles. The van der Waals surface area contributed by atoms with Crippen LogP contribution in [0.25, 0.3) is 0 Å². The van der Waals surface area contributed by atoms with Gasteiger partial charge in [0.15, 0.2) is 5.75 Å². The second-order valence-corrected chi connectivity index (χ2v) is 4.20. The lowest BCUT2D eigenvalue weighted by Gasteiger charge is -2.11. The zero-order valence-electron chi connectivity index (χ0n) is 10.7. The van der Waals surface area contributed by atoms with Crippen molar-refractivity contribution >= 4 is 17.6 Å². The van der Waals surface area contributed by atoms with Crippen molar-refractivity contribution in [2.24, 2.45) is 0 Å². The number of hydrogen-bond acceptors (Lipinski definition) is 4. The van der Waals surface area contributed by atoms with E-state index in [0.29, 0.717) is 18.1 Å². The van der Waals surface area contributed by atoms with E-state index in [1.54, 1.807) is 18.3 Å². The Morgan fingerprint density at radius 2 is 2.15 bits per heavy atom. The van der Waals surface area contributed by atoms with Crippen molar-refractivity contribution in [3.8, 4) is 17.4 Å². The minimum absolute atomic E-state index is 0.0911. The molecule has 20 heavy (non-hydrogen) atoms. The van der Waals surface area contributed by atoms with E-state index in [4.69, 9.17) is 26.2 Å².